The molecule has 2 amide bonds. The fourth-order valence-corrected chi connectivity index (χ4v) is 1.96. The van der Waals surface area contributed by atoms with Gasteiger partial charge in [-0.3, -0.25) is 14.4 Å². The van der Waals surface area contributed by atoms with E-state index in [1.165, 1.54) is 31.4 Å². The van der Waals surface area contributed by atoms with Gasteiger partial charge in [-0.05, 0) is 36.4 Å². The van der Waals surface area contributed by atoms with E-state index < -0.39 is 36.0 Å². The summed E-state index contributed by atoms with van der Waals surface area (Å²) in [5.41, 5.74) is 0.661. The first-order chi connectivity index (χ1) is 12.9. The molecule has 0 aliphatic carbocycles. The number of anilines is 1. The third kappa shape index (κ3) is 6.07. The second-order valence-electron chi connectivity index (χ2n) is 5.25. The van der Waals surface area contributed by atoms with Crippen LogP contribution in [-0.2, 0) is 14.3 Å². The molecule has 7 nitrogen and oxygen atoms in total. The molecule has 0 fully saturated rings. The highest BCUT2D eigenvalue weighted by Crippen LogP contribution is 2.17. The van der Waals surface area contributed by atoms with Crippen molar-refractivity contribution < 1.29 is 32.6 Å². The lowest BCUT2D eigenvalue weighted by Crippen LogP contribution is -2.30. The summed E-state index contributed by atoms with van der Waals surface area (Å²) in [6.45, 7) is -0.741. The van der Waals surface area contributed by atoms with Crippen molar-refractivity contribution in [2.24, 2.45) is 0 Å². The maximum Gasteiger partial charge on any atom is 0.325 e. The van der Waals surface area contributed by atoms with Crippen LogP contribution in [0.5, 0.6) is 5.75 Å². The first-order valence-electron chi connectivity index (χ1n) is 7.72. The van der Waals surface area contributed by atoms with Crippen molar-refractivity contribution >= 4 is 23.5 Å². The Morgan fingerprint density at radius 1 is 1.04 bits per heavy atom. The molecule has 27 heavy (non-hydrogen) atoms. The Labute approximate surface area is 153 Å². The average molecular weight is 378 g/mol. The highest BCUT2D eigenvalue weighted by atomic mass is 19.1. The number of rotatable bonds is 7. The predicted octanol–water partition coefficient (Wildman–Crippen LogP) is 1.89. The number of carbonyl (C=O) groups is 3. The van der Waals surface area contributed by atoms with Gasteiger partial charge in [0.25, 0.3) is 11.8 Å². The zero-order valence-electron chi connectivity index (χ0n) is 14.3. The summed E-state index contributed by atoms with van der Waals surface area (Å²) in [7, 11) is 1.21. The standard InChI is InChI=1S/C18H16F2N2O5/c1-26-17(24)9-21-18(25)11-2-5-13(6-3-11)22-16(23)10-27-15-7-4-12(19)8-14(15)20/h2-8H,9-10H2,1H3,(H,21,25)(H,22,23). The Morgan fingerprint density at radius 2 is 1.74 bits per heavy atom. The summed E-state index contributed by atoms with van der Waals surface area (Å²) in [4.78, 5) is 34.6. The molecule has 2 aromatic rings. The van der Waals surface area contributed by atoms with Crippen LogP contribution in [0.2, 0.25) is 0 Å². The van der Waals surface area contributed by atoms with E-state index in [0.717, 1.165) is 12.1 Å². The molecule has 0 bridgehead atoms. The summed E-state index contributed by atoms with van der Waals surface area (Å²) in [5.74, 6) is -3.53. The molecule has 0 aliphatic rings. The lowest BCUT2D eigenvalue weighted by atomic mass is 10.2. The molecule has 2 N–H and O–H groups in total. The number of nitrogens with one attached hydrogen (secondary N) is 2. The fourth-order valence-electron chi connectivity index (χ4n) is 1.96. The number of amides is 2. The zero-order chi connectivity index (χ0) is 19.8. The SMILES string of the molecule is COC(=O)CNC(=O)c1ccc(NC(=O)COc2ccc(F)cc2F)cc1. The van der Waals surface area contributed by atoms with Crippen LogP contribution in [0, 0.1) is 11.6 Å². The normalized spacial score (nSPS) is 10.0. The van der Waals surface area contributed by atoms with E-state index in [9.17, 15) is 23.2 Å². The molecule has 0 radical (unpaired) electrons. The van der Waals surface area contributed by atoms with Crippen molar-refractivity contribution in [3.63, 3.8) is 0 Å². The fraction of sp³-hybridized carbons (Fsp3) is 0.167. The quantitative estimate of drug-likeness (QED) is 0.718. The number of esters is 1. The van der Waals surface area contributed by atoms with Crippen molar-refractivity contribution in [1.82, 2.24) is 5.32 Å². The van der Waals surface area contributed by atoms with E-state index in [-0.39, 0.29) is 17.9 Å². The van der Waals surface area contributed by atoms with E-state index in [2.05, 4.69) is 15.4 Å². The van der Waals surface area contributed by atoms with E-state index >= 15 is 0 Å². The summed E-state index contributed by atoms with van der Waals surface area (Å²) in [5, 5.41) is 4.88. The van der Waals surface area contributed by atoms with Crippen molar-refractivity contribution in [1.29, 1.82) is 0 Å². The van der Waals surface area contributed by atoms with Gasteiger partial charge in [-0.2, -0.15) is 0 Å². The Balaban J connectivity index is 1.85. The molecule has 9 heteroatoms. The minimum absolute atomic E-state index is 0.246. The highest BCUT2D eigenvalue weighted by Gasteiger charge is 2.10. The molecular formula is C18H16F2N2O5. The number of benzene rings is 2. The van der Waals surface area contributed by atoms with E-state index in [4.69, 9.17) is 4.74 Å². The van der Waals surface area contributed by atoms with Crippen LogP contribution in [0.4, 0.5) is 14.5 Å². The van der Waals surface area contributed by atoms with Crippen molar-refractivity contribution in [3.8, 4) is 5.75 Å². The van der Waals surface area contributed by atoms with Crippen LogP contribution in [0.15, 0.2) is 42.5 Å². The summed E-state index contributed by atoms with van der Waals surface area (Å²) >= 11 is 0. The Morgan fingerprint density at radius 3 is 2.37 bits per heavy atom. The number of halogens is 2. The molecule has 0 saturated heterocycles. The number of ether oxygens (including phenoxy) is 2. The summed E-state index contributed by atoms with van der Waals surface area (Å²) < 4.78 is 35.6. The molecule has 2 rings (SSSR count). The number of methoxy groups -OCH3 is 1. The van der Waals surface area contributed by atoms with Gasteiger partial charge < -0.3 is 20.1 Å². The Bertz CT molecular complexity index is 840. The van der Waals surface area contributed by atoms with E-state index in [0.29, 0.717) is 11.8 Å². The lowest BCUT2D eigenvalue weighted by Gasteiger charge is -2.09. The first-order valence-corrected chi connectivity index (χ1v) is 7.72. The Kier molecular flexibility index (Phi) is 6.81. The molecular weight excluding hydrogens is 362 g/mol. The van der Waals surface area contributed by atoms with Crippen LogP contribution >= 0.6 is 0 Å². The van der Waals surface area contributed by atoms with Crippen LogP contribution in [0.1, 0.15) is 10.4 Å². The third-order valence-corrected chi connectivity index (χ3v) is 3.30. The highest BCUT2D eigenvalue weighted by molar-refractivity contribution is 5.97. The molecule has 142 valence electrons. The number of hydrogen-bond acceptors (Lipinski definition) is 5. The zero-order valence-corrected chi connectivity index (χ0v) is 14.3. The van der Waals surface area contributed by atoms with Crippen LogP contribution in [-0.4, -0.2) is 38.0 Å². The van der Waals surface area contributed by atoms with Gasteiger partial charge in [0.2, 0.25) is 0 Å². The monoisotopic (exact) mass is 378 g/mol. The molecule has 0 spiro atoms. The Hall–Kier alpha value is -3.49. The predicted molar refractivity (Wildman–Crippen MR) is 91.3 cm³/mol. The maximum atomic E-state index is 13.4. The topological polar surface area (TPSA) is 93.7 Å². The van der Waals surface area contributed by atoms with Gasteiger partial charge in [-0.1, -0.05) is 0 Å². The van der Waals surface area contributed by atoms with Gasteiger partial charge in [0, 0.05) is 17.3 Å². The van der Waals surface area contributed by atoms with Crippen LogP contribution in [0.3, 0.4) is 0 Å². The van der Waals surface area contributed by atoms with Crippen LogP contribution < -0.4 is 15.4 Å². The second kappa shape index (κ2) is 9.27. The average Bonchev–Trinajstić information content (AvgIpc) is 2.65. The van der Waals surface area contributed by atoms with Gasteiger partial charge in [0.05, 0.1) is 7.11 Å². The molecule has 0 aromatic heterocycles. The molecule has 0 heterocycles. The van der Waals surface area contributed by atoms with Gasteiger partial charge >= 0.3 is 5.97 Å². The number of carbonyl (C=O) groups excluding carboxylic acids is 3. The molecule has 2 aromatic carbocycles. The van der Waals surface area contributed by atoms with E-state index in [1.54, 1.807) is 0 Å². The molecule has 0 saturated carbocycles. The van der Waals surface area contributed by atoms with Gasteiger partial charge in [0.1, 0.15) is 12.4 Å². The van der Waals surface area contributed by atoms with Crippen molar-refractivity contribution in [3.05, 3.63) is 59.7 Å². The van der Waals surface area contributed by atoms with Gasteiger partial charge in [-0.15, -0.1) is 0 Å². The minimum atomic E-state index is -0.912. The van der Waals surface area contributed by atoms with Crippen LogP contribution in [0.25, 0.3) is 0 Å². The maximum absolute atomic E-state index is 13.4. The largest absolute Gasteiger partial charge is 0.481 e. The summed E-state index contributed by atoms with van der Waals surface area (Å²) in [6, 6.07) is 8.59. The first kappa shape index (κ1) is 19.8. The second-order valence-corrected chi connectivity index (χ2v) is 5.25. The summed E-state index contributed by atoms with van der Waals surface area (Å²) in [6.07, 6.45) is 0. The van der Waals surface area contributed by atoms with E-state index in [1.807, 2.05) is 0 Å². The lowest BCUT2D eigenvalue weighted by molar-refractivity contribution is -0.139. The molecule has 0 unspecified atom stereocenters. The van der Waals surface area contributed by atoms with Crippen molar-refractivity contribution in [2.45, 2.75) is 0 Å². The van der Waals surface area contributed by atoms with Gasteiger partial charge in [0.15, 0.2) is 18.2 Å². The van der Waals surface area contributed by atoms with Crippen molar-refractivity contribution in [2.75, 3.05) is 25.6 Å². The third-order valence-electron chi connectivity index (χ3n) is 3.30. The smallest absolute Gasteiger partial charge is 0.325 e. The minimum Gasteiger partial charge on any atom is -0.481 e. The van der Waals surface area contributed by atoms with Gasteiger partial charge in [-0.25, -0.2) is 8.78 Å². The molecule has 0 aliphatic heterocycles. The number of hydrogen-bond donors (Lipinski definition) is 2. The molecule has 0 atom stereocenters.